The number of aromatic nitrogens is 2. The van der Waals surface area contributed by atoms with Gasteiger partial charge in [0.2, 0.25) is 5.95 Å². The van der Waals surface area contributed by atoms with Gasteiger partial charge in [-0.05, 0) is 25.8 Å². The minimum absolute atomic E-state index is 0.535. The van der Waals surface area contributed by atoms with E-state index in [0.717, 1.165) is 43.4 Å². The van der Waals surface area contributed by atoms with Crippen molar-refractivity contribution in [3.63, 3.8) is 0 Å². The third-order valence-electron chi connectivity index (χ3n) is 2.74. The summed E-state index contributed by atoms with van der Waals surface area (Å²) in [4.78, 5) is 8.79. The van der Waals surface area contributed by atoms with Crippen molar-refractivity contribution in [2.75, 3.05) is 25.6 Å². The van der Waals surface area contributed by atoms with Crippen LogP contribution in [-0.4, -0.2) is 30.2 Å². The van der Waals surface area contributed by atoms with Crippen LogP contribution in [-0.2, 0) is 4.74 Å². The summed E-state index contributed by atoms with van der Waals surface area (Å²) < 4.78 is 5.35. The van der Waals surface area contributed by atoms with Gasteiger partial charge >= 0.3 is 0 Å². The second kappa shape index (κ2) is 4.57. The van der Waals surface area contributed by atoms with Gasteiger partial charge in [0.15, 0.2) is 0 Å². The average molecular weight is 207 g/mol. The number of rotatable bonds is 2. The van der Waals surface area contributed by atoms with Gasteiger partial charge in [0.05, 0.1) is 0 Å². The Labute approximate surface area is 90.1 Å². The van der Waals surface area contributed by atoms with Gasteiger partial charge in [-0.1, -0.05) is 0 Å². The number of nitrogens with zero attached hydrogens (tertiary/aromatic N) is 2. The van der Waals surface area contributed by atoms with Crippen LogP contribution in [0.15, 0.2) is 6.07 Å². The van der Waals surface area contributed by atoms with Crippen LogP contribution in [0.4, 0.5) is 5.95 Å². The Morgan fingerprint density at radius 1 is 1.33 bits per heavy atom. The van der Waals surface area contributed by atoms with Crippen LogP contribution < -0.4 is 5.32 Å². The minimum Gasteiger partial charge on any atom is -0.381 e. The van der Waals surface area contributed by atoms with E-state index in [9.17, 15) is 0 Å². The SMILES string of the molecule is CNc1nc(C)cc(C2CCOCC2)n1. The van der Waals surface area contributed by atoms with Gasteiger partial charge in [0, 0.05) is 37.6 Å². The van der Waals surface area contributed by atoms with E-state index in [-0.39, 0.29) is 0 Å². The van der Waals surface area contributed by atoms with E-state index in [4.69, 9.17) is 4.74 Å². The highest BCUT2D eigenvalue weighted by atomic mass is 16.5. The van der Waals surface area contributed by atoms with E-state index in [1.165, 1.54) is 0 Å². The quantitative estimate of drug-likeness (QED) is 0.802. The number of anilines is 1. The predicted octanol–water partition coefficient (Wildman–Crippen LogP) is 1.72. The molecule has 2 heterocycles. The molecular weight excluding hydrogens is 190 g/mol. The number of ether oxygens (including phenoxy) is 1. The summed E-state index contributed by atoms with van der Waals surface area (Å²) in [5.74, 6) is 1.25. The molecule has 4 heteroatoms. The highest BCUT2D eigenvalue weighted by Gasteiger charge is 2.18. The van der Waals surface area contributed by atoms with Gasteiger partial charge in [-0.25, -0.2) is 9.97 Å². The summed E-state index contributed by atoms with van der Waals surface area (Å²) in [6.45, 7) is 3.70. The lowest BCUT2D eigenvalue weighted by Crippen LogP contribution is -2.16. The summed E-state index contributed by atoms with van der Waals surface area (Å²) in [5.41, 5.74) is 2.17. The van der Waals surface area contributed by atoms with Crippen molar-refractivity contribution in [1.82, 2.24) is 9.97 Å². The normalized spacial score (nSPS) is 17.7. The smallest absolute Gasteiger partial charge is 0.222 e. The number of aryl methyl sites for hydroxylation is 1. The van der Waals surface area contributed by atoms with E-state index in [0.29, 0.717) is 5.92 Å². The first-order valence-electron chi connectivity index (χ1n) is 5.40. The first-order valence-corrected chi connectivity index (χ1v) is 5.40. The van der Waals surface area contributed by atoms with Crippen molar-refractivity contribution in [1.29, 1.82) is 0 Å². The Bertz CT molecular complexity index is 335. The summed E-state index contributed by atoms with van der Waals surface area (Å²) in [6.07, 6.45) is 2.14. The molecule has 0 unspecified atom stereocenters. The first kappa shape index (κ1) is 10.4. The summed E-state index contributed by atoms with van der Waals surface area (Å²) in [7, 11) is 1.85. The first-order chi connectivity index (χ1) is 7.29. The van der Waals surface area contributed by atoms with Crippen LogP contribution in [0, 0.1) is 6.92 Å². The molecule has 0 radical (unpaired) electrons. The maximum atomic E-state index is 5.35. The van der Waals surface area contributed by atoms with Crippen molar-refractivity contribution >= 4 is 5.95 Å². The van der Waals surface area contributed by atoms with Gasteiger partial charge in [0.1, 0.15) is 0 Å². The van der Waals surface area contributed by atoms with Crippen LogP contribution in [0.1, 0.15) is 30.1 Å². The topological polar surface area (TPSA) is 47.0 Å². The molecular formula is C11H17N3O. The average Bonchev–Trinajstić information content (AvgIpc) is 2.29. The third-order valence-corrected chi connectivity index (χ3v) is 2.74. The molecule has 1 aliphatic rings. The molecule has 0 bridgehead atoms. The number of hydrogen-bond acceptors (Lipinski definition) is 4. The van der Waals surface area contributed by atoms with Crippen LogP contribution in [0.2, 0.25) is 0 Å². The Hall–Kier alpha value is -1.16. The van der Waals surface area contributed by atoms with Crippen molar-refractivity contribution in [3.8, 4) is 0 Å². The fourth-order valence-corrected chi connectivity index (χ4v) is 1.91. The second-order valence-corrected chi connectivity index (χ2v) is 3.89. The lowest BCUT2D eigenvalue weighted by atomic mass is 9.96. The molecule has 0 aliphatic carbocycles. The Morgan fingerprint density at radius 3 is 2.73 bits per heavy atom. The Balaban J connectivity index is 2.22. The molecule has 15 heavy (non-hydrogen) atoms. The highest BCUT2D eigenvalue weighted by molar-refractivity contribution is 5.28. The predicted molar refractivity (Wildman–Crippen MR) is 59.1 cm³/mol. The van der Waals surface area contributed by atoms with Gasteiger partial charge < -0.3 is 10.1 Å². The zero-order chi connectivity index (χ0) is 10.7. The van der Waals surface area contributed by atoms with Crippen molar-refractivity contribution < 1.29 is 4.74 Å². The Kier molecular flexibility index (Phi) is 3.16. The summed E-state index contributed by atoms with van der Waals surface area (Å²) in [5, 5.41) is 2.99. The lowest BCUT2D eigenvalue weighted by Gasteiger charge is -2.21. The molecule has 1 fully saturated rings. The van der Waals surface area contributed by atoms with Gasteiger partial charge in [-0.15, -0.1) is 0 Å². The van der Waals surface area contributed by atoms with Gasteiger partial charge in [0.25, 0.3) is 0 Å². The lowest BCUT2D eigenvalue weighted by molar-refractivity contribution is 0.0845. The van der Waals surface area contributed by atoms with Gasteiger partial charge in [-0.3, -0.25) is 0 Å². The molecule has 1 N–H and O–H groups in total. The molecule has 1 aromatic rings. The molecule has 0 amide bonds. The van der Waals surface area contributed by atoms with Crippen LogP contribution >= 0.6 is 0 Å². The third kappa shape index (κ3) is 2.45. The zero-order valence-corrected chi connectivity index (χ0v) is 9.29. The molecule has 4 nitrogen and oxygen atoms in total. The number of nitrogens with one attached hydrogen (secondary N) is 1. The molecule has 82 valence electrons. The fourth-order valence-electron chi connectivity index (χ4n) is 1.91. The van der Waals surface area contributed by atoms with E-state index < -0.39 is 0 Å². The maximum absolute atomic E-state index is 5.35. The van der Waals surface area contributed by atoms with Crippen LogP contribution in [0.25, 0.3) is 0 Å². The molecule has 0 aromatic carbocycles. The largest absolute Gasteiger partial charge is 0.381 e. The molecule has 1 saturated heterocycles. The van der Waals surface area contributed by atoms with E-state index in [2.05, 4.69) is 21.4 Å². The second-order valence-electron chi connectivity index (χ2n) is 3.89. The summed E-state index contributed by atoms with van der Waals surface area (Å²) in [6, 6.07) is 2.08. The van der Waals surface area contributed by atoms with Crippen molar-refractivity contribution in [3.05, 3.63) is 17.5 Å². The fraction of sp³-hybridized carbons (Fsp3) is 0.636. The molecule has 2 rings (SSSR count). The number of hydrogen-bond donors (Lipinski definition) is 1. The van der Waals surface area contributed by atoms with Gasteiger partial charge in [-0.2, -0.15) is 0 Å². The van der Waals surface area contributed by atoms with E-state index in [1.54, 1.807) is 0 Å². The standard InChI is InChI=1S/C11H17N3O/c1-8-7-10(14-11(12-2)13-8)9-3-5-15-6-4-9/h7,9H,3-6H2,1-2H3,(H,12,13,14). The monoisotopic (exact) mass is 207 g/mol. The molecule has 0 spiro atoms. The van der Waals surface area contributed by atoms with Crippen molar-refractivity contribution in [2.24, 2.45) is 0 Å². The van der Waals surface area contributed by atoms with Crippen LogP contribution in [0.3, 0.4) is 0 Å². The molecule has 1 aliphatic heterocycles. The molecule has 0 atom stereocenters. The van der Waals surface area contributed by atoms with E-state index >= 15 is 0 Å². The molecule has 1 aromatic heterocycles. The van der Waals surface area contributed by atoms with Crippen LogP contribution in [0.5, 0.6) is 0 Å². The van der Waals surface area contributed by atoms with E-state index in [1.807, 2.05) is 14.0 Å². The minimum atomic E-state index is 0.535. The zero-order valence-electron chi connectivity index (χ0n) is 9.29. The molecule has 0 saturated carbocycles. The Morgan fingerprint density at radius 2 is 2.07 bits per heavy atom. The summed E-state index contributed by atoms with van der Waals surface area (Å²) >= 11 is 0. The van der Waals surface area contributed by atoms with Crippen molar-refractivity contribution in [2.45, 2.75) is 25.7 Å². The highest BCUT2D eigenvalue weighted by Crippen LogP contribution is 2.26. The maximum Gasteiger partial charge on any atom is 0.222 e.